The van der Waals surface area contributed by atoms with Gasteiger partial charge < -0.3 is 5.21 Å². The highest BCUT2D eigenvalue weighted by Gasteiger charge is 2.16. The Labute approximate surface area is 114 Å². The zero-order chi connectivity index (χ0) is 14.1. The second-order valence-corrected chi connectivity index (χ2v) is 4.46. The van der Waals surface area contributed by atoms with Crippen molar-refractivity contribution < 1.29 is 13.9 Å². The maximum atomic E-state index is 13.7. The van der Waals surface area contributed by atoms with Crippen LogP contribution in [-0.4, -0.2) is 5.78 Å². The Morgan fingerprint density at radius 2 is 1.80 bits per heavy atom. The lowest BCUT2D eigenvalue weighted by Crippen LogP contribution is -2.26. The van der Waals surface area contributed by atoms with E-state index in [1.54, 1.807) is 12.1 Å². The third-order valence-electron chi connectivity index (χ3n) is 3.14. The van der Waals surface area contributed by atoms with E-state index in [0.717, 1.165) is 23.2 Å². The average molecular weight is 267 g/mol. The van der Waals surface area contributed by atoms with Crippen molar-refractivity contribution in [2.75, 3.05) is 0 Å². The van der Waals surface area contributed by atoms with Crippen LogP contribution in [0.5, 0.6) is 0 Å². The van der Waals surface area contributed by atoms with Gasteiger partial charge >= 0.3 is 0 Å². The fraction of sp³-hybridized carbons (Fsp3) is 0. The van der Waals surface area contributed by atoms with Crippen molar-refractivity contribution >= 4 is 16.6 Å². The molecular weight excluding hydrogens is 257 g/mol. The van der Waals surface area contributed by atoms with Crippen LogP contribution >= 0.6 is 0 Å². The molecule has 0 amide bonds. The van der Waals surface area contributed by atoms with Crippen LogP contribution in [0.3, 0.4) is 0 Å². The Balaban J connectivity index is 2.08. The summed E-state index contributed by atoms with van der Waals surface area (Å²) in [5.41, 5.74) is 0.290. The van der Waals surface area contributed by atoms with Gasteiger partial charge in [-0.25, -0.2) is 0 Å². The Morgan fingerprint density at radius 3 is 2.55 bits per heavy atom. The molecule has 1 aromatic heterocycles. The summed E-state index contributed by atoms with van der Waals surface area (Å²) in [6.45, 7) is 0. The number of hydrogen-bond donors (Lipinski definition) is 0. The molecule has 0 N–H and O–H groups in total. The van der Waals surface area contributed by atoms with Crippen LogP contribution in [0.15, 0.2) is 60.9 Å². The molecule has 0 bridgehead atoms. The molecule has 3 rings (SSSR count). The summed E-state index contributed by atoms with van der Waals surface area (Å²) in [4.78, 5) is 12.3. The number of ketones is 1. The quantitative estimate of drug-likeness (QED) is 0.407. The highest BCUT2D eigenvalue weighted by Crippen LogP contribution is 2.18. The third-order valence-corrected chi connectivity index (χ3v) is 3.14. The molecule has 0 aliphatic heterocycles. The van der Waals surface area contributed by atoms with E-state index in [4.69, 9.17) is 0 Å². The maximum Gasteiger partial charge on any atom is 0.216 e. The predicted octanol–water partition coefficient (Wildman–Crippen LogP) is 2.84. The van der Waals surface area contributed by atoms with Gasteiger partial charge in [-0.05, 0) is 16.8 Å². The number of carbonyl (C=O) groups excluding carboxylic acids is 1. The number of aromatic nitrogens is 1. The van der Waals surface area contributed by atoms with E-state index in [2.05, 4.69) is 0 Å². The summed E-state index contributed by atoms with van der Waals surface area (Å²) in [7, 11) is 0. The molecule has 0 atom stereocenters. The highest BCUT2D eigenvalue weighted by atomic mass is 19.1. The Hall–Kier alpha value is -2.75. The largest absolute Gasteiger partial charge is 0.619 e. The average Bonchev–Trinajstić information content (AvgIpc) is 2.46. The molecule has 0 unspecified atom stereocenters. The molecule has 0 aliphatic carbocycles. The van der Waals surface area contributed by atoms with E-state index in [-0.39, 0.29) is 5.56 Å². The van der Waals surface area contributed by atoms with Gasteiger partial charge in [0, 0.05) is 11.6 Å². The van der Waals surface area contributed by atoms with Gasteiger partial charge in [0.15, 0.2) is 17.8 Å². The lowest BCUT2D eigenvalue weighted by Gasteiger charge is -2.04. The molecule has 3 nitrogen and oxygen atoms in total. The highest BCUT2D eigenvalue weighted by molar-refractivity contribution is 6.10. The number of carbonyl (C=O) groups is 1. The van der Waals surface area contributed by atoms with Crippen LogP contribution in [0.25, 0.3) is 10.8 Å². The Bertz CT molecular complexity index is 814. The first-order valence-corrected chi connectivity index (χ1v) is 6.07. The zero-order valence-corrected chi connectivity index (χ0v) is 10.4. The van der Waals surface area contributed by atoms with Crippen LogP contribution in [0.2, 0.25) is 0 Å². The van der Waals surface area contributed by atoms with E-state index < -0.39 is 11.6 Å². The maximum absolute atomic E-state index is 13.7. The van der Waals surface area contributed by atoms with E-state index in [0.29, 0.717) is 10.3 Å². The zero-order valence-electron chi connectivity index (χ0n) is 10.4. The molecule has 3 aromatic rings. The second kappa shape index (κ2) is 4.74. The molecular formula is C16H10FNO2. The van der Waals surface area contributed by atoms with Crippen molar-refractivity contribution in [3.8, 4) is 0 Å². The first-order valence-electron chi connectivity index (χ1n) is 6.07. The normalized spacial score (nSPS) is 10.7. The number of rotatable bonds is 2. The molecule has 0 spiro atoms. The van der Waals surface area contributed by atoms with Crippen LogP contribution in [0.4, 0.5) is 4.39 Å². The van der Waals surface area contributed by atoms with Gasteiger partial charge in [0.1, 0.15) is 0 Å². The standard InChI is InChI=1S/C16H10FNO2/c17-15-10-18(20)8-7-14(15)16(19)13-6-5-11-3-1-2-4-12(11)9-13/h1-10H. The van der Waals surface area contributed by atoms with Crippen molar-refractivity contribution in [3.05, 3.63) is 83.1 Å². The lowest BCUT2D eigenvalue weighted by atomic mass is 10.0. The van der Waals surface area contributed by atoms with Crippen molar-refractivity contribution in [1.29, 1.82) is 0 Å². The van der Waals surface area contributed by atoms with Gasteiger partial charge in [0.25, 0.3) is 0 Å². The van der Waals surface area contributed by atoms with Crippen LogP contribution < -0.4 is 4.73 Å². The summed E-state index contributed by atoms with van der Waals surface area (Å²) in [6, 6.07) is 14.0. The smallest absolute Gasteiger partial charge is 0.216 e. The monoisotopic (exact) mass is 267 g/mol. The van der Waals surface area contributed by atoms with Crippen molar-refractivity contribution in [2.24, 2.45) is 0 Å². The topological polar surface area (TPSA) is 44.0 Å². The minimum Gasteiger partial charge on any atom is -0.619 e. The molecule has 0 saturated carbocycles. The van der Waals surface area contributed by atoms with Crippen molar-refractivity contribution in [1.82, 2.24) is 0 Å². The minimum atomic E-state index is -0.819. The number of fused-ring (bicyclic) bond motifs is 1. The van der Waals surface area contributed by atoms with Crippen LogP contribution in [0, 0.1) is 11.0 Å². The van der Waals surface area contributed by atoms with Gasteiger partial charge in [0.05, 0.1) is 5.56 Å². The summed E-state index contributed by atoms with van der Waals surface area (Å²) < 4.78 is 14.0. The molecule has 1 heterocycles. The Kier molecular flexibility index (Phi) is 2.91. The number of pyridine rings is 1. The Morgan fingerprint density at radius 1 is 1.05 bits per heavy atom. The van der Waals surface area contributed by atoms with Gasteiger partial charge in [-0.2, -0.15) is 9.12 Å². The van der Waals surface area contributed by atoms with Crippen molar-refractivity contribution in [2.45, 2.75) is 0 Å². The van der Waals surface area contributed by atoms with Crippen molar-refractivity contribution in [3.63, 3.8) is 0 Å². The molecule has 98 valence electrons. The summed E-state index contributed by atoms with van der Waals surface area (Å²) >= 11 is 0. The van der Waals surface area contributed by atoms with E-state index in [1.165, 1.54) is 6.07 Å². The van der Waals surface area contributed by atoms with Crippen LogP contribution in [0.1, 0.15) is 15.9 Å². The van der Waals surface area contributed by atoms with E-state index in [9.17, 15) is 14.4 Å². The predicted molar refractivity (Wildman–Crippen MR) is 72.7 cm³/mol. The first kappa shape index (κ1) is 12.3. The van der Waals surface area contributed by atoms with Gasteiger partial charge in [-0.3, -0.25) is 4.79 Å². The SMILES string of the molecule is O=C(c1ccc2ccccc2c1)c1cc[n+]([O-])cc1F. The molecule has 0 fully saturated rings. The number of benzene rings is 2. The van der Waals surface area contributed by atoms with Gasteiger partial charge in [0.2, 0.25) is 6.20 Å². The number of nitrogens with zero attached hydrogens (tertiary/aromatic N) is 1. The molecule has 0 radical (unpaired) electrons. The van der Waals surface area contributed by atoms with E-state index in [1.807, 2.05) is 30.3 Å². The minimum absolute atomic E-state index is 0.104. The third kappa shape index (κ3) is 2.12. The van der Waals surface area contributed by atoms with E-state index >= 15 is 0 Å². The molecule has 4 heteroatoms. The lowest BCUT2D eigenvalue weighted by molar-refractivity contribution is -0.607. The fourth-order valence-electron chi connectivity index (χ4n) is 2.12. The first-order chi connectivity index (χ1) is 9.65. The number of hydrogen-bond acceptors (Lipinski definition) is 2. The summed E-state index contributed by atoms with van der Waals surface area (Å²) in [5.74, 6) is -1.26. The fourth-order valence-corrected chi connectivity index (χ4v) is 2.12. The molecule has 0 aliphatic rings. The summed E-state index contributed by atoms with van der Waals surface area (Å²) in [6.07, 6.45) is 1.85. The molecule has 0 saturated heterocycles. The second-order valence-electron chi connectivity index (χ2n) is 4.46. The molecule has 2 aromatic carbocycles. The van der Waals surface area contributed by atoms with Crippen LogP contribution in [-0.2, 0) is 0 Å². The number of halogens is 1. The summed E-state index contributed by atoms with van der Waals surface area (Å²) in [5, 5.41) is 12.9. The van der Waals surface area contributed by atoms with Gasteiger partial charge in [-0.1, -0.05) is 36.4 Å². The molecule has 20 heavy (non-hydrogen) atoms. The van der Waals surface area contributed by atoms with Gasteiger partial charge in [-0.15, -0.1) is 0 Å².